The van der Waals surface area contributed by atoms with Gasteiger partial charge >= 0.3 is 6.18 Å². The summed E-state index contributed by atoms with van der Waals surface area (Å²) < 4.78 is 47.0. The number of hydrogen-bond acceptors (Lipinski definition) is 5. The number of nitrogens with zero attached hydrogens (tertiary/aromatic N) is 2. The van der Waals surface area contributed by atoms with Gasteiger partial charge in [-0.05, 0) is 41.7 Å². The molecule has 0 bridgehead atoms. The molecule has 0 spiro atoms. The number of hydrogen-bond donors (Lipinski definition) is 1. The molecule has 2 N–H and O–H groups in total. The van der Waals surface area contributed by atoms with Gasteiger partial charge in [0.1, 0.15) is 11.6 Å². The molecule has 0 saturated heterocycles. The summed E-state index contributed by atoms with van der Waals surface area (Å²) in [5, 5.41) is 10.1. The number of nitrogens with two attached hydrogens (primary N) is 1. The Hall–Kier alpha value is -3.73. The van der Waals surface area contributed by atoms with Crippen LogP contribution in [0, 0.1) is 16.7 Å². The minimum Gasteiger partial charge on any atom is -0.497 e. The van der Waals surface area contributed by atoms with Crippen molar-refractivity contribution in [2.75, 3.05) is 12.0 Å². The molecule has 0 fully saturated rings. The van der Waals surface area contributed by atoms with Gasteiger partial charge in [-0.25, -0.2) is 0 Å². The first kappa shape index (κ1) is 23.4. The smallest absolute Gasteiger partial charge is 0.418 e. The Morgan fingerprint density at radius 1 is 1.12 bits per heavy atom. The average molecular weight is 467 g/mol. The first-order chi connectivity index (χ1) is 16.0. The summed E-state index contributed by atoms with van der Waals surface area (Å²) in [5.41, 5.74) is 6.26. The van der Waals surface area contributed by atoms with Gasteiger partial charge in [-0.1, -0.05) is 38.1 Å². The number of nitriles is 1. The zero-order valence-corrected chi connectivity index (χ0v) is 19.0. The van der Waals surface area contributed by atoms with Crippen LogP contribution in [0.4, 0.5) is 18.9 Å². The number of alkyl halides is 3. The number of carbonyl (C=O) groups is 1. The fourth-order valence-electron chi connectivity index (χ4n) is 4.82. The van der Waals surface area contributed by atoms with Gasteiger partial charge in [0.25, 0.3) is 0 Å². The van der Waals surface area contributed by atoms with E-state index in [1.807, 2.05) is 13.8 Å². The largest absolute Gasteiger partial charge is 0.497 e. The van der Waals surface area contributed by atoms with E-state index in [0.29, 0.717) is 29.0 Å². The van der Waals surface area contributed by atoms with Crippen LogP contribution in [0.15, 0.2) is 71.2 Å². The van der Waals surface area contributed by atoms with Gasteiger partial charge in [-0.2, -0.15) is 18.4 Å². The lowest BCUT2D eigenvalue weighted by Gasteiger charge is -2.44. The first-order valence-corrected chi connectivity index (χ1v) is 10.7. The van der Waals surface area contributed by atoms with Gasteiger partial charge in [-0.15, -0.1) is 0 Å². The summed E-state index contributed by atoms with van der Waals surface area (Å²) >= 11 is 0. The molecule has 8 heteroatoms. The number of carbonyl (C=O) groups excluding carboxylic acids is 1. The SMILES string of the molecule is COc1ccc([C@@H]2C(C#N)=C(N)N(c3ccccc3C(F)(F)F)C3=C2C(=O)CC(C)(C)C3)cc1. The number of ketones is 1. The molecule has 4 rings (SSSR count). The van der Waals surface area contributed by atoms with Crippen LogP contribution >= 0.6 is 0 Å². The van der Waals surface area contributed by atoms with E-state index in [1.54, 1.807) is 24.3 Å². The number of allylic oxidation sites excluding steroid dienone is 3. The molecule has 176 valence electrons. The highest BCUT2D eigenvalue weighted by Crippen LogP contribution is 2.51. The van der Waals surface area contributed by atoms with Crippen molar-refractivity contribution in [2.24, 2.45) is 11.1 Å². The van der Waals surface area contributed by atoms with E-state index in [9.17, 15) is 23.2 Å². The summed E-state index contributed by atoms with van der Waals surface area (Å²) in [7, 11) is 1.53. The number of anilines is 1. The molecule has 5 nitrogen and oxygen atoms in total. The molecule has 1 heterocycles. The Bertz CT molecular complexity index is 1250. The van der Waals surface area contributed by atoms with Crippen LogP contribution in [-0.2, 0) is 11.0 Å². The topological polar surface area (TPSA) is 79.3 Å². The summed E-state index contributed by atoms with van der Waals surface area (Å²) in [4.78, 5) is 14.7. The van der Waals surface area contributed by atoms with Crippen molar-refractivity contribution >= 4 is 11.5 Å². The normalized spacial score (nSPS) is 20.2. The van der Waals surface area contributed by atoms with E-state index in [2.05, 4.69) is 6.07 Å². The second kappa shape index (κ2) is 8.24. The number of methoxy groups -OCH3 is 1. The number of benzene rings is 2. The van der Waals surface area contributed by atoms with E-state index in [4.69, 9.17) is 10.5 Å². The summed E-state index contributed by atoms with van der Waals surface area (Å²) in [6, 6.07) is 14.0. The van der Waals surface area contributed by atoms with Crippen molar-refractivity contribution in [1.82, 2.24) is 0 Å². The third-order valence-corrected chi connectivity index (χ3v) is 6.28. The molecule has 1 atom stereocenters. The zero-order chi connectivity index (χ0) is 24.8. The van der Waals surface area contributed by atoms with Gasteiger partial charge in [0, 0.05) is 17.7 Å². The van der Waals surface area contributed by atoms with E-state index >= 15 is 0 Å². The Morgan fingerprint density at radius 3 is 2.35 bits per heavy atom. The van der Waals surface area contributed by atoms with Crippen molar-refractivity contribution in [3.63, 3.8) is 0 Å². The molecule has 2 aliphatic rings. The number of para-hydroxylation sites is 1. The third kappa shape index (κ3) is 3.92. The minimum absolute atomic E-state index is 0.0361. The minimum atomic E-state index is -4.65. The van der Waals surface area contributed by atoms with Crippen LogP contribution in [0.25, 0.3) is 0 Å². The monoisotopic (exact) mass is 467 g/mol. The van der Waals surface area contributed by atoms with Crippen molar-refractivity contribution < 1.29 is 22.7 Å². The molecule has 1 aliphatic heterocycles. The van der Waals surface area contributed by atoms with Gasteiger partial charge in [0.2, 0.25) is 0 Å². The summed E-state index contributed by atoms with van der Waals surface area (Å²) in [5.74, 6) is -0.490. The quantitative estimate of drug-likeness (QED) is 0.631. The fourth-order valence-corrected chi connectivity index (χ4v) is 4.82. The summed E-state index contributed by atoms with van der Waals surface area (Å²) in [6.07, 6.45) is -4.11. The van der Waals surface area contributed by atoms with Crippen molar-refractivity contribution in [3.8, 4) is 11.8 Å². The number of halogens is 3. The fraction of sp³-hybridized carbons (Fsp3) is 0.308. The Balaban J connectivity index is 2.02. The van der Waals surface area contributed by atoms with E-state index < -0.39 is 23.1 Å². The van der Waals surface area contributed by atoms with Crippen LogP contribution in [0.3, 0.4) is 0 Å². The molecule has 0 unspecified atom stereocenters. The summed E-state index contributed by atoms with van der Waals surface area (Å²) in [6.45, 7) is 3.79. The molecule has 2 aromatic carbocycles. The average Bonchev–Trinajstić information content (AvgIpc) is 2.77. The van der Waals surface area contributed by atoms with Crippen molar-refractivity contribution in [2.45, 2.75) is 38.8 Å². The lowest BCUT2D eigenvalue weighted by molar-refractivity contribution is -0.137. The van der Waals surface area contributed by atoms with Gasteiger partial charge in [0.05, 0.1) is 35.9 Å². The van der Waals surface area contributed by atoms with Crippen LogP contribution in [0.5, 0.6) is 5.75 Å². The van der Waals surface area contributed by atoms with Gasteiger partial charge < -0.3 is 10.5 Å². The predicted octanol–water partition coefficient (Wildman–Crippen LogP) is 5.65. The number of Topliss-reactive ketones (excluding diaryl/α,β-unsaturated/α-hetero) is 1. The molecular formula is C26H24F3N3O2. The van der Waals surface area contributed by atoms with Crippen LogP contribution in [0.1, 0.15) is 43.7 Å². The molecule has 0 aromatic heterocycles. The van der Waals surface area contributed by atoms with Gasteiger partial charge in [0.15, 0.2) is 5.78 Å². The second-order valence-electron chi connectivity index (χ2n) is 9.27. The van der Waals surface area contributed by atoms with Crippen molar-refractivity contribution in [1.29, 1.82) is 5.26 Å². The highest BCUT2D eigenvalue weighted by atomic mass is 19.4. The lowest BCUT2D eigenvalue weighted by Crippen LogP contribution is -2.42. The Morgan fingerprint density at radius 2 is 1.76 bits per heavy atom. The Labute approximate surface area is 195 Å². The van der Waals surface area contributed by atoms with Gasteiger partial charge in [-0.3, -0.25) is 9.69 Å². The molecule has 0 saturated carbocycles. The van der Waals surface area contributed by atoms with Crippen molar-refractivity contribution in [3.05, 3.63) is 82.3 Å². The highest BCUT2D eigenvalue weighted by molar-refractivity contribution is 6.01. The molecule has 34 heavy (non-hydrogen) atoms. The third-order valence-electron chi connectivity index (χ3n) is 6.28. The van der Waals surface area contributed by atoms with E-state index in [0.717, 1.165) is 6.07 Å². The van der Waals surface area contributed by atoms with Crippen LogP contribution in [0.2, 0.25) is 0 Å². The second-order valence-corrected chi connectivity index (χ2v) is 9.27. The maximum Gasteiger partial charge on any atom is 0.418 e. The molecule has 0 amide bonds. The molecular weight excluding hydrogens is 443 g/mol. The van der Waals surface area contributed by atoms with E-state index in [1.165, 1.54) is 30.2 Å². The Kier molecular flexibility index (Phi) is 5.68. The molecule has 0 radical (unpaired) electrons. The number of ether oxygens (including phenoxy) is 1. The molecule has 2 aromatic rings. The maximum absolute atomic E-state index is 13.9. The molecule has 1 aliphatic carbocycles. The predicted molar refractivity (Wildman–Crippen MR) is 122 cm³/mol. The van der Waals surface area contributed by atoms with Crippen LogP contribution in [-0.4, -0.2) is 12.9 Å². The highest BCUT2D eigenvalue weighted by Gasteiger charge is 2.46. The zero-order valence-electron chi connectivity index (χ0n) is 19.0. The lowest BCUT2D eigenvalue weighted by atomic mass is 9.68. The van der Waals surface area contributed by atoms with E-state index in [-0.39, 0.29) is 29.3 Å². The maximum atomic E-state index is 13.9. The van der Waals surface area contributed by atoms with Crippen LogP contribution < -0.4 is 15.4 Å². The standard InChI is InChI=1S/C26H24F3N3O2/c1-25(2)12-20-23(21(33)13-25)22(15-8-10-16(34-3)11-9-15)17(14-30)24(31)32(20)19-7-5-4-6-18(19)26(27,28)29/h4-11,22H,12-13,31H2,1-3H3/t22-/m1/s1. The number of rotatable bonds is 3. The first-order valence-electron chi connectivity index (χ1n) is 10.7.